The number of rotatable bonds is 1. The Morgan fingerprint density at radius 3 is 2.43 bits per heavy atom. The highest BCUT2D eigenvalue weighted by Crippen LogP contribution is 2.25. The van der Waals surface area contributed by atoms with Crippen molar-refractivity contribution in [3.05, 3.63) is 61.4 Å². The van der Waals surface area contributed by atoms with E-state index in [0.717, 1.165) is 6.07 Å². The summed E-state index contributed by atoms with van der Waals surface area (Å²) in [4.78, 5) is 25.0. The van der Waals surface area contributed by atoms with Gasteiger partial charge in [0, 0.05) is 6.07 Å². The lowest BCUT2D eigenvalue weighted by Gasteiger charge is -2.09. The third-order valence-electron chi connectivity index (χ3n) is 2.57. The van der Waals surface area contributed by atoms with Crippen LogP contribution in [0.1, 0.15) is 11.3 Å². The number of hydrogen-bond donors (Lipinski definition) is 1. The first-order valence-electron chi connectivity index (χ1n) is 5.37. The van der Waals surface area contributed by atoms with E-state index in [1.54, 1.807) is 11.1 Å². The van der Waals surface area contributed by atoms with Crippen molar-refractivity contribution in [1.82, 2.24) is 9.55 Å². The van der Waals surface area contributed by atoms with Crippen molar-refractivity contribution in [3.8, 4) is 11.8 Å². The minimum atomic E-state index is -4.84. The maximum absolute atomic E-state index is 12.5. The SMILES string of the molecule is N#Cc1cc(-n2c(=O)cc(C(F)(F)F)[nH]c2=O)ccc1Cl. The van der Waals surface area contributed by atoms with Crippen LogP contribution in [-0.2, 0) is 6.18 Å². The molecule has 0 fully saturated rings. The van der Waals surface area contributed by atoms with Crippen LogP contribution in [0.5, 0.6) is 0 Å². The number of nitrogens with one attached hydrogen (secondary N) is 1. The predicted octanol–water partition coefficient (Wildman–Crippen LogP) is 2.07. The fourth-order valence-electron chi connectivity index (χ4n) is 1.63. The lowest BCUT2D eigenvalue weighted by atomic mass is 10.2. The van der Waals surface area contributed by atoms with Crippen LogP contribution in [0.2, 0.25) is 5.02 Å². The minimum Gasteiger partial charge on any atom is -0.303 e. The van der Waals surface area contributed by atoms with E-state index in [9.17, 15) is 22.8 Å². The molecule has 0 saturated carbocycles. The van der Waals surface area contributed by atoms with Crippen molar-refractivity contribution in [1.29, 1.82) is 5.26 Å². The van der Waals surface area contributed by atoms with Gasteiger partial charge >= 0.3 is 11.9 Å². The molecule has 0 atom stereocenters. The molecule has 0 saturated heterocycles. The first kappa shape index (κ1) is 14.9. The van der Waals surface area contributed by atoms with Gasteiger partial charge in [-0.2, -0.15) is 18.4 Å². The molecule has 2 aromatic rings. The van der Waals surface area contributed by atoms with Crippen molar-refractivity contribution in [2.75, 3.05) is 0 Å². The molecule has 0 amide bonds. The molecule has 0 unspecified atom stereocenters. The van der Waals surface area contributed by atoms with E-state index in [2.05, 4.69) is 0 Å². The lowest BCUT2D eigenvalue weighted by Crippen LogP contribution is -2.35. The van der Waals surface area contributed by atoms with Gasteiger partial charge in [-0.3, -0.25) is 4.79 Å². The maximum Gasteiger partial charge on any atom is 0.431 e. The summed E-state index contributed by atoms with van der Waals surface area (Å²) < 4.78 is 37.9. The molecule has 1 aromatic heterocycles. The van der Waals surface area contributed by atoms with E-state index in [1.807, 2.05) is 0 Å². The molecular weight excluding hydrogens is 311 g/mol. The van der Waals surface area contributed by atoms with Gasteiger partial charge in [0.05, 0.1) is 16.3 Å². The Kier molecular flexibility index (Phi) is 3.61. The van der Waals surface area contributed by atoms with Crippen LogP contribution in [-0.4, -0.2) is 9.55 Å². The maximum atomic E-state index is 12.5. The quantitative estimate of drug-likeness (QED) is 0.875. The van der Waals surface area contributed by atoms with E-state index in [-0.39, 0.29) is 22.3 Å². The zero-order valence-corrected chi connectivity index (χ0v) is 10.8. The molecule has 0 bridgehead atoms. The monoisotopic (exact) mass is 315 g/mol. The fraction of sp³-hybridized carbons (Fsp3) is 0.0833. The average molecular weight is 316 g/mol. The molecule has 108 valence electrons. The summed E-state index contributed by atoms with van der Waals surface area (Å²) in [5.41, 5.74) is -3.95. The van der Waals surface area contributed by atoms with Gasteiger partial charge in [0.25, 0.3) is 5.56 Å². The molecule has 0 aliphatic heterocycles. The summed E-state index contributed by atoms with van der Waals surface area (Å²) in [7, 11) is 0. The molecule has 5 nitrogen and oxygen atoms in total. The predicted molar refractivity (Wildman–Crippen MR) is 67.4 cm³/mol. The van der Waals surface area contributed by atoms with Crippen LogP contribution >= 0.6 is 11.6 Å². The van der Waals surface area contributed by atoms with E-state index >= 15 is 0 Å². The summed E-state index contributed by atoms with van der Waals surface area (Å²) in [5, 5.41) is 8.92. The summed E-state index contributed by atoms with van der Waals surface area (Å²) in [6.07, 6.45) is -4.84. The van der Waals surface area contributed by atoms with Crippen molar-refractivity contribution in [2.45, 2.75) is 6.18 Å². The van der Waals surface area contributed by atoms with Gasteiger partial charge in [-0.25, -0.2) is 9.36 Å². The second kappa shape index (κ2) is 5.10. The van der Waals surface area contributed by atoms with Gasteiger partial charge in [0.15, 0.2) is 0 Å². The van der Waals surface area contributed by atoms with Crippen molar-refractivity contribution in [3.63, 3.8) is 0 Å². The molecule has 0 aliphatic rings. The molecule has 0 radical (unpaired) electrons. The van der Waals surface area contributed by atoms with Crippen LogP contribution in [0.25, 0.3) is 5.69 Å². The van der Waals surface area contributed by atoms with Crippen LogP contribution in [0.4, 0.5) is 13.2 Å². The molecule has 1 N–H and O–H groups in total. The van der Waals surface area contributed by atoms with Crippen LogP contribution in [0.3, 0.4) is 0 Å². The second-order valence-corrected chi connectivity index (χ2v) is 4.34. The van der Waals surface area contributed by atoms with E-state index in [0.29, 0.717) is 4.57 Å². The van der Waals surface area contributed by atoms with Crippen molar-refractivity contribution in [2.24, 2.45) is 0 Å². The number of aromatic amines is 1. The van der Waals surface area contributed by atoms with Gasteiger partial charge in [0.1, 0.15) is 11.8 Å². The highest BCUT2D eigenvalue weighted by molar-refractivity contribution is 6.31. The number of aromatic nitrogens is 2. The van der Waals surface area contributed by atoms with Gasteiger partial charge in [-0.1, -0.05) is 11.6 Å². The van der Waals surface area contributed by atoms with Gasteiger partial charge in [-0.05, 0) is 18.2 Å². The summed E-state index contributed by atoms with van der Waals surface area (Å²) in [5.74, 6) is 0. The first-order valence-corrected chi connectivity index (χ1v) is 5.75. The number of benzene rings is 1. The summed E-state index contributed by atoms with van der Waals surface area (Å²) in [6, 6.07) is 5.64. The highest BCUT2D eigenvalue weighted by Gasteiger charge is 2.33. The van der Waals surface area contributed by atoms with Crippen LogP contribution in [0.15, 0.2) is 33.9 Å². The third-order valence-corrected chi connectivity index (χ3v) is 2.90. The number of nitriles is 1. The Morgan fingerprint density at radius 1 is 1.24 bits per heavy atom. The Morgan fingerprint density at radius 2 is 1.90 bits per heavy atom. The molecule has 1 heterocycles. The van der Waals surface area contributed by atoms with Gasteiger partial charge in [0.2, 0.25) is 0 Å². The lowest BCUT2D eigenvalue weighted by molar-refractivity contribution is -0.141. The summed E-state index contributed by atoms with van der Waals surface area (Å²) >= 11 is 5.70. The smallest absolute Gasteiger partial charge is 0.303 e. The number of nitrogens with zero attached hydrogens (tertiary/aromatic N) is 2. The molecule has 1 aromatic carbocycles. The topological polar surface area (TPSA) is 78.7 Å². The number of halogens is 4. The molecule has 0 spiro atoms. The van der Waals surface area contributed by atoms with Gasteiger partial charge < -0.3 is 4.98 Å². The zero-order valence-electron chi connectivity index (χ0n) is 10.0. The fourth-order valence-corrected chi connectivity index (χ4v) is 1.79. The average Bonchev–Trinajstić information content (AvgIpc) is 2.38. The second-order valence-electron chi connectivity index (χ2n) is 3.94. The molecule has 21 heavy (non-hydrogen) atoms. The van der Waals surface area contributed by atoms with E-state index in [4.69, 9.17) is 16.9 Å². The zero-order chi connectivity index (χ0) is 15.8. The molecular formula is C12H5ClF3N3O2. The minimum absolute atomic E-state index is 0.0136. The van der Waals surface area contributed by atoms with E-state index < -0.39 is 23.1 Å². The number of alkyl halides is 3. The van der Waals surface area contributed by atoms with E-state index in [1.165, 1.54) is 12.1 Å². The van der Waals surface area contributed by atoms with Crippen LogP contribution < -0.4 is 11.2 Å². The Balaban J connectivity index is 2.70. The third kappa shape index (κ3) is 2.83. The molecule has 9 heteroatoms. The van der Waals surface area contributed by atoms with Crippen molar-refractivity contribution < 1.29 is 13.2 Å². The highest BCUT2D eigenvalue weighted by atomic mass is 35.5. The molecule has 0 aliphatic carbocycles. The Labute approximate surface area is 119 Å². The van der Waals surface area contributed by atoms with Crippen LogP contribution in [0, 0.1) is 11.3 Å². The first-order chi connectivity index (χ1) is 9.74. The molecule has 2 rings (SSSR count). The normalized spacial score (nSPS) is 11.2. The van der Waals surface area contributed by atoms with Gasteiger partial charge in [-0.15, -0.1) is 0 Å². The standard InChI is InChI=1S/C12H5ClF3N3O2/c13-8-2-1-7(3-6(8)5-17)19-10(20)4-9(12(14,15)16)18-11(19)21/h1-4H,(H,18,21). The number of H-pyrrole nitrogens is 1. The van der Waals surface area contributed by atoms with Crippen molar-refractivity contribution >= 4 is 11.6 Å². The Hall–Kier alpha value is -2.53. The summed E-state index contributed by atoms with van der Waals surface area (Å²) in [6.45, 7) is 0. The number of hydrogen-bond acceptors (Lipinski definition) is 3. The Bertz CT molecular complexity index is 831. The largest absolute Gasteiger partial charge is 0.431 e.